The molecule has 0 aliphatic rings. The first kappa shape index (κ1) is 21.3. The summed E-state index contributed by atoms with van der Waals surface area (Å²) in [5, 5.41) is 0.787. The molecular weight excluding hydrogens is 382 g/mol. The molecule has 0 saturated carbocycles. The zero-order valence-electron chi connectivity index (χ0n) is 17.9. The number of fused-ring (bicyclic) bond motifs is 1. The van der Waals surface area contributed by atoms with Crippen molar-refractivity contribution in [2.24, 2.45) is 0 Å². The summed E-state index contributed by atoms with van der Waals surface area (Å²) < 4.78 is 6.38. The van der Waals surface area contributed by atoms with Gasteiger partial charge in [-0.1, -0.05) is 35.6 Å². The third-order valence-electron chi connectivity index (χ3n) is 4.96. The Hall–Kier alpha value is -2.44. The predicted octanol–water partition coefficient (Wildman–Crippen LogP) is 4.45. The van der Waals surface area contributed by atoms with Crippen LogP contribution in [0, 0.1) is 13.8 Å². The minimum absolute atomic E-state index is 0.0725. The number of aryl methyl sites for hydroxylation is 2. The average molecular weight is 412 g/mol. The number of benzene rings is 2. The van der Waals surface area contributed by atoms with Crippen molar-refractivity contribution < 1.29 is 9.53 Å². The molecule has 1 heterocycles. The molecule has 0 aliphatic carbocycles. The van der Waals surface area contributed by atoms with E-state index < -0.39 is 0 Å². The van der Waals surface area contributed by atoms with Gasteiger partial charge in [-0.25, -0.2) is 4.98 Å². The van der Waals surface area contributed by atoms with Gasteiger partial charge in [0.25, 0.3) is 0 Å². The summed E-state index contributed by atoms with van der Waals surface area (Å²) in [5.74, 6) is 0.865. The number of methoxy groups -OCH3 is 1. The zero-order chi connectivity index (χ0) is 21.0. The largest absolute Gasteiger partial charge is 0.497 e. The van der Waals surface area contributed by atoms with Gasteiger partial charge in [-0.3, -0.25) is 9.69 Å². The quantitative estimate of drug-likeness (QED) is 0.549. The summed E-state index contributed by atoms with van der Waals surface area (Å²) in [6.45, 7) is 5.75. The van der Waals surface area contributed by atoms with E-state index in [2.05, 4.69) is 30.9 Å². The lowest BCUT2D eigenvalue weighted by molar-refractivity contribution is -0.118. The Morgan fingerprint density at radius 1 is 1.03 bits per heavy atom. The van der Waals surface area contributed by atoms with Gasteiger partial charge < -0.3 is 9.64 Å². The summed E-state index contributed by atoms with van der Waals surface area (Å²) in [7, 11) is 5.74. The van der Waals surface area contributed by atoms with Gasteiger partial charge in [-0.15, -0.1) is 0 Å². The molecule has 1 aromatic heterocycles. The highest BCUT2D eigenvalue weighted by Crippen LogP contribution is 2.33. The lowest BCUT2D eigenvalue weighted by Gasteiger charge is -2.21. The van der Waals surface area contributed by atoms with E-state index in [1.165, 1.54) is 5.56 Å². The maximum Gasteiger partial charge on any atom is 0.233 e. The molecule has 0 fully saturated rings. The molecule has 1 amide bonds. The molecule has 3 rings (SSSR count). The van der Waals surface area contributed by atoms with Crippen LogP contribution < -0.4 is 9.64 Å². The SMILES string of the molecule is COc1ccc(CC(=O)N(CCCN(C)C)c2nc3c(C)ccc(C)c3s2)cc1. The van der Waals surface area contributed by atoms with Crippen LogP contribution in [0.15, 0.2) is 36.4 Å². The normalized spacial score (nSPS) is 11.2. The van der Waals surface area contributed by atoms with E-state index in [-0.39, 0.29) is 5.91 Å². The van der Waals surface area contributed by atoms with Gasteiger partial charge in [-0.05, 0) is 69.7 Å². The number of aromatic nitrogens is 1. The summed E-state index contributed by atoms with van der Waals surface area (Å²) in [6, 6.07) is 11.9. The molecule has 3 aromatic rings. The number of carbonyl (C=O) groups is 1. The van der Waals surface area contributed by atoms with Crippen LogP contribution in [0.5, 0.6) is 5.75 Å². The van der Waals surface area contributed by atoms with Crippen molar-refractivity contribution in [2.75, 3.05) is 39.2 Å². The Balaban J connectivity index is 1.88. The van der Waals surface area contributed by atoms with Crippen LogP contribution in [0.2, 0.25) is 0 Å². The molecule has 0 saturated heterocycles. The monoisotopic (exact) mass is 411 g/mol. The molecule has 0 bridgehead atoms. The Labute approximate surface area is 176 Å². The summed E-state index contributed by atoms with van der Waals surface area (Å²) >= 11 is 1.61. The van der Waals surface area contributed by atoms with E-state index in [4.69, 9.17) is 9.72 Å². The number of carbonyl (C=O) groups excluding carboxylic acids is 1. The molecule has 0 unspecified atom stereocenters. The van der Waals surface area contributed by atoms with E-state index in [0.29, 0.717) is 13.0 Å². The topological polar surface area (TPSA) is 45.7 Å². The van der Waals surface area contributed by atoms with Gasteiger partial charge in [0.1, 0.15) is 5.75 Å². The number of hydrogen-bond acceptors (Lipinski definition) is 5. The third kappa shape index (κ3) is 5.14. The van der Waals surface area contributed by atoms with Crippen molar-refractivity contribution in [1.29, 1.82) is 0 Å². The van der Waals surface area contributed by atoms with Crippen molar-refractivity contribution in [3.8, 4) is 5.75 Å². The van der Waals surface area contributed by atoms with E-state index >= 15 is 0 Å². The highest BCUT2D eigenvalue weighted by Gasteiger charge is 2.21. The van der Waals surface area contributed by atoms with Gasteiger partial charge in [0.05, 0.1) is 23.7 Å². The van der Waals surface area contributed by atoms with Crippen molar-refractivity contribution in [3.05, 3.63) is 53.1 Å². The minimum Gasteiger partial charge on any atom is -0.497 e. The molecular formula is C23H29N3O2S. The van der Waals surface area contributed by atoms with Crippen molar-refractivity contribution >= 4 is 32.6 Å². The van der Waals surface area contributed by atoms with Crippen LogP contribution in [0.3, 0.4) is 0 Å². The Bertz CT molecular complexity index is 941. The molecule has 2 aromatic carbocycles. The maximum absolute atomic E-state index is 13.2. The van der Waals surface area contributed by atoms with E-state index in [1.807, 2.05) is 43.3 Å². The Morgan fingerprint density at radius 3 is 2.34 bits per heavy atom. The fourth-order valence-electron chi connectivity index (χ4n) is 3.25. The molecule has 0 aliphatic heterocycles. The Morgan fingerprint density at radius 2 is 1.72 bits per heavy atom. The lowest BCUT2D eigenvalue weighted by atomic mass is 10.1. The first-order chi connectivity index (χ1) is 13.9. The summed E-state index contributed by atoms with van der Waals surface area (Å²) in [6.07, 6.45) is 1.25. The molecule has 0 atom stereocenters. The second kappa shape index (κ2) is 9.37. The van der Waals surface area contributed by atoms with Gasteiger partial charge in [0.15, 0.2) is 5.13 Å². The van der Waals surface area contributed by atoms with Crippen molar-refractivity contribution in [3.63, 3.8) is 0 Å². The molecule has 0 radical (unpaired) electrons. The average Bonchev–Trinajstić information content (AvgIpc) is 3.15. The molecule has 6 heteroatoms. The highest BCUT2D eigenvalue weighted by molar-refractivity contribution is 7.22. The third-order valence-corrected chi connectivity index (χ3v) is 6.18. The second-order valence-corrected chi connectivity index (χ2v) is 8.58. The first-order valence-corrected chi connectivity index (χ1v) is 10.7. The molecule has 154 valence electrons. The van der Waals surface area contributed by atoms with Crippen molar-refractivity contribution in [2.45, 2.75) is 26.7 Å². The van der Waals surface area contributed by atoms with Crippen LogP contribution in [0.1, 0.15) is 23.1 Å². The van der Waals surface area contributed by atoms with Gasteiger partial charge in [0, 0.05) is 6.54 Å². The summed E-state index contributed by atoms with van der Waals surface area (Å²) in [5.41, 5.74) is 4.32. The summed E-state index contributed by atoms with van der Waals surface area (Å²) in [4.78, 5) is 22.1. The number of ether oxygens (including phenoxy) is 1. The number of hydrogen-bond donors (Lipinski definition) is 0. The van der Waals surface area contributed by atoms with Gasteiger partial charge >= 0.3 is 0 Å². The van der Waals surface area contributed by atoms with Crippen LogP contribution in [-0.2, 0) is 11.2 Å². The van der Waals surface area contributed by atoms with Gasteiger partial charge in [-0.2, -0.15) is 0 Å². The fourth-order valence-corrected chi connectivity index (χ4v) is 4.40. The molecule has 29 heavy (non-hydrogen) atoms. The van der Waals surface area contributed by atoms with Crippen LogP contribution in [-0.4, -0.2) is 50.1 Å². The van der Waals surface area contributed by atoms with E-state index in [9.17, 15) is 4.79 Å². The smallest absolute Gasteiger partial charge is 0.233 e. The number of anilines is 1. The zero-order valence-corrected chi connectivity index (χ0v) is 18.7. The van der Waals surface area contributed by atoms with Gasteiger partial charge in [0.2, 0.25) is 5.91 Å². The second-order valence-electron chi connectivity index (χ2n) is 7.60. The van der Waals surface area contributed by atoms with Crippen LogP contribution in [0.25, 0.3) is 10.2 Å². The standard InChI is InChI=1S/C23H29N3O2S/c1-16-7-8-17(2)22-21(16)24-23(29-22)26(14-6-13-25(3)4)20(27)15-18-9-11-19(28-5)12-10-18/h7-12H,6,13-15H2,1-5H3. The number of nitrogens with zero attached hydrogens (tertiary/aromatic N) is 3. The predicted molar refractivity (Wildman–Crippen MR) is 121 cm³/mol. The van der Waals surface area contributed by atoms with E-state index in [0.717, 1.165) is 45.2 Å². The first-order valence-electron chi connectivity index (χ1n) is 9.84. The van der Waals surface area contributed by atoms with E-state index in [1.54, 1.807) is 18.4 Å². The molecule has 0 N–H and O–H groups in total. The molecule has 0 spiro atoms. The van der Waals surface area contributed by atoms with Crippen LogP contribution in [0.4, 0.5) is 5.13 Å². The molecule has 5 nitrogen and oxygen atoms in total. The van der Waals surface area contributed by atoms with Crippen molar-refractivity contribution in [1.82, 2.24) is 9.88 Å². The maximum atomic E-state index is 13.2. The highest BCUT2D eigenvalue weighted by atomic mass is 32.1. The number of amides is 1. The fraction of sp³-hybridized carbons (Fsp3) is 0.391. The number of rotatable bonds is 8. The number of thiazole rings is 1. The minimum atomic E-state index is 0.0725. The van der Waals surface area contributed by atoms with Crippen LogP contribution >= 0.6 is 11.3 Å². The lowest BCUT2D eigenvalue weighted by Crippen LogP contribution is -2.34. The Kier molecular flexibility index (Phi) is 6.87.